The van der Waals surface area contributed by atoms with Gasteiger partial charge < -0.3 is 4.90 Å². The number of carbonyl (C=O) groups excluding carboxylic acids is 1. The van der Waals surface area contributed by atoms with Gasteiger partial charge >= 0.3 is 0 Å². The Morgan fingerprint density at radius 2 is 1.78 bits per heavy atom. The molecule has 0 bridgehead atoms. The van der Waals surface area contributed by atoms with E-state index in [4.69, 9.17) is 0 Å². The second-order valence-corrected chi connectivity index (χ2v) is 5.73. The normalized spacial score (nSPS) is 17.0. The van der Waals surface area contributed by atoms with Crippen LogP contribution in [0.25, 0.3) is 0 Å². The van der Waals surface area contributed by atoms with Crippen LogP contribution < -0.4 is 0 Å². The Kier molecular flexibility index (Phi) is 4.60. The minimum Gasteiger partial charge on any atom is -0.342 e. The van der Waals surface area contributed by atoms with E-state index in [-0.39, 0.29) is 18.7 Å². The van der Waals surface area contributed by atoms with Crippen LogP contribution in [0, 0.1) is 0 Å². The van der Waals surface area contributed by atoms with E-state index in [1.54, 1.807) is 47.8 Å². The highest BCUT2D eigenvalue weighted by Crippen LogP contribution is 2.35. The fourth-order valence-corrected chi connectivity index (χ4v) is 2.83. The first-order valence-corrected chi connectivity index (χ1v) is 7.81. The van der Waals surface area contributed by atoms with Crippen molar-refractivity contribution in [3.05, 3.63) is 54.4 Å². The summed E-state index contributed by atoms with van der Waals surface area (Å²) in [5.74, 6) is 0.687. The number of nitrogens with zero attached hydrogens (tertiary/aromatic N) is 4. The summed E-state index contributed by atoms with van der Waals surface area (Å²) >= 11 is 0. The number of pyridine rings is 1. The molecule has 0 aliphatic carbocycles. The van der Waals surface area contributed by atoms with Gasteiger partial charge in [-0.1, -0.05) is 6.07 Å². The molecule has 0 atom stereocenters. The molecule has 2 aromatic heterocycles. The number of aryl methyl sites for hydroxylation is 1. The molecular weight excluding hydrogens is 295 g/mol. The van der Waals surface area contributed by atoms with Crippen molar-refractivity contribution in [1.29, 1.82) is 0 Å². The van der Waals surface area contributed by atoms with Crippen molar-refractivity contribution in [2.45, 2.75) is 31.4 Å². The van der Waals surface area contributed by atoms with Gasteiger partial charge in [0.1, 0.15) is 5.82 Å². The maximum absolute atomic E-state index is 15.0. The number of alkyl halides is 1. The van der Waals surface area contributed by atoms with Gasteiger partial charge in [0.05, 0.1) is 5.69 Å². The number of halogens is 1. The zero-order valence-electron chi connectivity index (χ0n) is 12.9. The van der Waals surface area contributed by atoms with E-state index >= 15 is 0 Å². The van der Waals surface area contributed by atoms with Crippen molar-refractivity contribution in [3.63, 3.8) is 0 Å². The summed E-state index contributed by atoms with van der Waals surface area (Å²) < 4.78 is 15.0. The summed E-state index contributed by atoms with van der Waals surface area (Å²) in [7, 11) is 0. The Labute approximate surface area is 134 Å². The maximum Gasteiger partial charge on any atom is 0.223 e. The number of hydrogen-bond donors (Lipinski definition) is 0. The second-order valence-electron chi connectivity index (χ2n) is 5.73. The van der Waals surface area contributed by atoms with Gasteiger partial charge in [0.25, 0.3) is 0 Å². The SMILES string of the molecule is O=C(CCc1ncccn1)N1CCC(F)(c2ccccn2)CC1. The monoisotopic (exact) mass is 314 g/mol. The second kappa shape index (κ2) is 6.81. The number of carbonyl (C=O) groups is 1. The molecule has 1 aliphatic rings. The van der Waals surface area contributed by atoms with E-state index in [1.807, 2.05) is 0 Å². The van der Waals surface area contributed by atoms with Gasteiger partial charge in [-0.25, -0.2) is 14.4 Å². The lowest BCUT2D eigenvalue weighted by Gasteiger charge is -2.36. The molecule has 0 saturated carbocycles. The van der Waals surface area contributed by atoms with Crippen molar-refractivity contribution in [2.75, 3.05) is 13.1 Å². The lowest BCUT2D eigenvalue weighted by atomic mass is 9.89. The third-order valence-corrected chi connectivity index (χ3v) is 4.21. The fraction of sp³-hybridized carbons (Fsp3) is 0.412. The summed E-state index contributed by atoms with van der Waals surface area (Å²) in [4.78, 5) is 26.3. The Balaban J connectivity index is 1.53. The van der Waals surface area contributed by atoms with Gasteiger partial charge in [0.15, 0.2) is 5.67 Å². The maximum atomic E-state index is 15.0. The molecule has 1 aliphatic heterocycles. The summed E-state index contributed by atoms with van der Waals surface area (Å²) in [5.41, 5.74) is -0.967. The minimum atomic E-state index is -1.43. The lowest BCUT2D eigenvalue weighted by Crippen LogP contribution is -2.43. The number of amides is 1. The van der Waals surface area contributed by atoms with Crippen molar-refractivity contribution in [3.8, 4) is 0 Å². The molecule has 0 radical (unpaired) electrons. The largest absolute Gasteiger partial charge is 0.342 e. The zero-order valence-corrected chi connectivity index (χ0v) is 12.9. The van der Waals surface area contributed by atoms with E-state index in [0.717, 1.165) is 0 Å². The molecule has 3 rings (SSSR count). The van der Waals surface area contributed by atoms with Crippen LogP contribution in [0.15, 0.2) is 42.9 Å². The highest BCUT2D eigenvalue weighted by Gasteiger charge is 2.38. The summed E-state index contributed by atoms with van der Waals surface area (Å²) in [5, 5.41) is 0. The minimum absolute atomic E-state index is 0.0283. The van der Waals surface area contributed by atoms with Gasteiger partial charge in [-0.15, -0.1) is 0 Å². The van der Waals surface area contributed by atoms with E-state index in [1.165, 1.54) is 0 Å². The molecule has 3 heterocycles. The van der Waals surface area contributed by atoms with E-state index in [2.05, 4.69) is 15.0 Å². The fourth-order valence-electron chi connectivity index (χ4n) is 2.83. The number of aromatic nitrogens is 3. The van der Waals surface area contributed by atoms with E-state index < -0.39 is 5.67 Å². The predicted octanol–water partition coefficient (Wildman–Crippen LogP) is 2.29. The third kappa shape index (κ3) is 3.70. The van der Waals surface area contributed by atoms with Gasteiger partial charge in [-0.2, -0.15) is 0 Å². The molecule has 0 unspecified atom stereocenters. The molecular formula is C17H19FN4O. The average Bonchev–Trinajstić information content (AvgIpc) is 2.62. The first-order valence-electron chi connectivity index (χ1n) is 7.81. The van der Waals surface area contributed by atoms with Crippen LogP contribution in [0.2, 0.25) is 0 Å². The van der Waals surface area contributed by atoms with Crippen LogP contribution >= 0.6 is 0 Å². The first-order chi connectivity index (χ1) is 11.2. The molecule has 1 fully saturated rings. The summed E-state index contributed by atoms with van der Waals surface area (Å²) in [6, 6.07) is 7.02. The van der Waals surface area contributed by atoms with Crippen LogP contribution in [0.5, 0.6) is 0 Å². The standard InChI is InChI=1S/C17H19FN4O/c18-17(14-4-1-2-9-19-14)7-12-22(13-8-17)16(23)6-5-15-20-10-3-11-21-15/h1-4,9-11H,5-8,12-13H2. The van der Waals surface area contributed by atoms with Crippen molar-refractivity contribution in [2.24, 2.45) is 0 Å². The van der Waals surface area contributed by atoms with Crippen LogP contribution in [0.3, 0.4) is 0 Å². The number of piperidine rings is 1. The smallest absolute Gasteiger partial charge is 0.223 e. The van der Waals surface area contributed by atoms with Crippen LogP contribution in [-0.2, 0) is 16.9 Å². The molecule has 2 aromatic rings. The van der Waals surface area contributed by atoms with Crippen LogP contribution in [0.4, 0.5) is 4.39 Å². The lowest BCUT2D eigenvalue weighted by molar-refractivity contribution is -0.134. The number of likely N-dealkylation sites (tertiary alicyclic amines) is 1. The van der Waals surface area contributed by atoms with E-state index in [0.29, 0.717) is 37.4 Å². The molecule has 1 saturated heterocycles. The quantitative estimate of drug-likeness (QED) is 0.869. The van der Waals surface area contributed by atoms with Gasteiger partial charge in [0, 0.05) is 57.4 Å². The van der Waals surface area contributed by atoms with Crippen LogP contribution in [0.1, 0.15) is 30.8 Å². The molecule has 0 N–H and O–H groups in total. The van der Waals surface area contributed by atoms with Crippen LogP contribution in [-0.4, -0.2) is 38.8 Å². The van der Waals surface area contributed by atoms with Gasteiger partial charge in [-0.05, 0) is 18.2 Å². The highest BCUT2D eigenvalue weighted by atomic mass is 19.1. The zero-order chi connectivity index (χ0) is 16.1. The Morgan fingerprint density at radius 3 is 2.43 bits per heavy atom. The Hall–Kier alpha value is -2.37. The summed E-state index contributed by atoms with van der Waals surface area (Å²) in [6.07, 6.45) is 6.38. The Bertz CT molecular complexity index is 642. The first kappa shape index (κ1) is 15.5. The summed E-state index contributed by atoms with van der Waals surface area (Å²) in [6.45, 7) is 0.836. The Morgan fingerprint density at radius 1 is 1.09 bits per heavy atom. The van der Waals surface area contributed by atoms with Crippen molar-refractivity contribution in [1.82, 2.24) is 19.9 Å². The predicted molar refractivity (Wildman–Crippen MR) is 83.2 cm³/mol. The third-order valence-electron chi connectivity index (χ3n) is 4.21. The average molecular weight is 314 g/mol. The molecule has 23 heavy (non-hydrogen) atoms. The molecule has 120 valence electrons. The van der Waals surface area contributed by atoms with Crippen molar-refractivity contribution < 1.29 is 9.18 Å². The number of hydrogen-bond acceptors (Lipinski definition) is 4. The molecule has 0 spiro atoms. The highest BCUT2D eigenvalue weighted by molar-refractivity contribution is 5.76. The molecule has 0 aromatic carbocycles. The molecule has 6 heteroatoms. The van der Waals surface area contributed by atoms with Crippen molar-refractivity contribution >= 4 is 5.91 Å². The van der Waals surface area contributed by atoms with Gasteiger partial charge in [-0.3, -0.25) is 9.78 Å². The molecule has 1 amide bonds. The molecule has 5 nitrogen and oxygen atoms in total. The topological polar surface area (TPSA) is 59.0 Å². The van der Waals surface area contributed by atoms with Gasteiger partial charge in [0.2, 0.25) is 5.91 Å². The van der Waals surface area contributed by atoms with E-state index in [9.17, 15) is 9.18 Å². The number of rotatable bonds is 4.